The van der Waals surface area contributed by atoms with Gasteiger partial charge in [-0.25, -0.2) is 4.39 Å². The first kappa shape index (κ1) is 37.1. The SMILES string of the molecule is C=O.C=O.CN(C)CCCNCCCCC(CC(CC(C)(F)C(F)(F)F)C(F)(F)F)C(F)(F)F. The summed E-state index contributed by atoms with van der Waals surface area (Å²) in [5, 5.41) is 3.00. The van der Waals surface area contributed by atoms with Gasteiger partial charge in [-0.05, 0) is 66.3 Å². The molecular weight excluding hydrogens is 490 g/mol. The van der Waals surface area contributed by atoms with Crippen molar-refractivity contribution in [3.05, 3.63) is 0 Å². The smallest absolute Gasteiger partial charge is 0.317 e. The van der Waals surface area contributed by atoms with E-state index in [4.69, 9.17) is 9.59 Å². The van der Waals surface area contributed by atoms with Gasteiger partial charge in [0.2, 0.25) is 5.67 Å². The summed E-state index contributed by atoms with van der Waals surface area (Å²) in [5.41, 5.74) is -4.24. The number of rotatable bonds is 13. The molecule has 0 aliphatic rings. The minimum atomic E-state index is -5.61. The lowest BCUT2D eigenvalue weighted by atomic mass is 9.83. The molecule has 206 valence electrons. The topological polar surface area (TPSA) is 49.4 Å². The Morgan fingerprint density at radius 3 is 1.56 bits per heavy atom. The molecule has 0 saturated carbocycles. The van der Waals surface area contributed by atoms with Crippen molar-refractivity contribution in [3.63, 3.8) is 0 Å². The molecule has 3 unspecified atom stereocenters. The summed E-state index contributed by atoms with van der Waals surface area (Å²) < 4.78 is 130. The van der Waals surface area contributed by atoms with Crippen LogP contribution >= 0.6 is 0 Å². The van der Waals surface area contributed by atoms with Crippen LogP contribution in [0.15, 0.2) is 0 Å². The van der Waals surface area contributed by atoms with Crippen LogP contribution in [0.4, 0.5) is 43.9 Å². The molecule has 0 aliphatic carbocycles. The van der Waals surface area contributed by atoms with Crippen LogP contribution in [-0.4, -0.2) is 76.4 Å². The third-order valence-electron chi connectivity index (χ3n) is 4.83. The van der Waals surface area contributed by atoms with Crippen LogP contribution in [-0.2, 0) is 9.59 Å². The van der Waals surface area contributed by atoms with Crippen molar-refractivity contribution in [2.75, 3.05) is 33.7 Å². The Kier molecular flexibility index (Phi) is 18.6. The zero-order valence-corrected chi connectivity index (χ0v) is 19.5. The van der Waals surface area contributed by atoms with E-state index in [2.05, 4.69) is 5.32 Å². The van der Waals surface area contributed by atoms with E-state index in [1.54, 1.807) is 0 Å². The van der Waals surface area contributed by atoms with Crippen LogP contribution in [0.1, 0.15) is 45.4 Å². The highest BCUT2D eigenvalue weighted by Gasteiger charge is 2.57. The second kappa shape index (κ2) is 17.1. The monoisotopic (exact) mass is 524 g/mol. The molecule has 3 atom stereocenters. The van der Waals surface area contributed by atoms with Crippen LogP contribution in [0.25, 0.3) is 0 Å². The van der Waals surface area contributed by atoms with Crippen LogP contribution in [0.2, 0.25) is 0 Å². The van der Waals surface area contributed by atoms with Crippen LogP contribution in [0.3, 0.4) is 0 Å². The summed E-state index contributed by atoms with van der Waals surface area (Å²) >= 11 is 0. The Morgan fingerprint density at radius 2 is 1.18 bits per heavy atom. The van der Waals surface area contributed by atoms with E-state index in [1.165, 1.54) is 0 Å². The lowest BCUT2D eigenvalue weighted by Gasteiger charge is -2.32. The van der Waals surface area contributed by atoms with Gasteiger partial charge in [-0.15, -0.1) is 0 Å². The van der Waals surface area contributed by atoms with E-state index in [1.807, 2.05) is 32.6 Å². The molecular formula is C20H34F10N2O2. The molecule has 0 aromatic heterocycles. The molecule has 0 aromatic rings. The standard InChI is InChI=1S/C18H30F10N2.2CH2O/c1-15(19,18(26,27)28)12-14(17(23,24)25)11-13(16(20,21)22)7-4-5-8-29-9-6-10-30(2)3;2*1-2/h13-14,29H,4-12H2,1-3H3;2*1H2. The van der Waals surface area contributed by atoms with Gasteiger partial charge in [0.05, 0.1) is 11.8 Å². The third-order valence-corrected chi connectivity index (χ3v) is 4.83. The van der Waals surface area contributed by atoms with Crippen molar-refractivity contribution in [2.45, 2.75) is 69.6 Å². The molecule has 0 saturated heterocycles. The number of unbranched alkanes of at least 4 members (excludes halogenated alkanes) is 1. The molecule has 0 fully saturated rings. The molecule has 0 radical (unpaired) electrons. The summed E-state index contributed by atoms with van der Waals surface area (Å²) in [7, 11) is 3.76. The molecule has 1 N–H and O–H groups in total. The van der Waals surface area contributed by atoms with Crippen LogP contribution in [0, 0.1) is 11.8 Å². The summed E-state index contributed by atoms with van der Waals surface area (Å²) in [6, 6.07) is 0. The minimum Gasteiger partial charge on any atom is -0.317 e. The predicted octanol–water partition coefficient (Wildman–Crippen LogP) is 5.76. The minimum absolute atomic E-state index is 0.0540. The summed E-state index contributed by atoms with van der Waals surface area (Å²) in [6.45, 7) is 5.73. The first-order chi connectivity index (χ1) is 15.4. The van der Waals surface area contributed by atoms with E-state index < -0.39 is 55.3 Å². The van der Waals surface area contributed by atoms with Crippen LogP contribution in [0.5, 0.6) is 0 Å². The van der Waals surface area contributed by atoms with Crippen molar-refractivity contribution < 1.29 is 53.5 Å². The summed E-state index contributed by atoms with van der Waals surface area (Å²) in [4.78, 5) is 18.0. The number of hydrogen-bond acceptors (Lipinski definition) is 4. The molecule has 0 amide bonds. The quantitative estimate of drug-likeness (QED) is 0.246. The van der Waals surface area contributed by atoms with Crippen molar-refractivity contribution in [2.24, 2.45) is 11.8 Å². The first-order valence-electron chi connectivity index (χ1n) is 10.2. The lowest BCUT2D eigenvalue weighted by Crippen LogP contribution is -2.43. The van der Waals surface area contributed by atoms with Gasteiger partial charge in [0, 0.05) is 6.42 Å². The van der Waals surface area contributed by atoms with Gasteiger partial charge in [0.25, 0.3) is 0 Å². The molecule has 0 aromatic carbocycles. The van der Waals surface area contributed by atoms with Crippen molar-refractivity contribution >= 4 is 13.6 Å². The van der Waals surface area contributed by atoms with Gasteiger partial charge >= 0.3 is 18.5 Å². The molecule has 0 heterocycles. The van der Waals surface area contributed by atoms with E-state index in [0.717, 1.165) is 13.0 Å². The first-order valence-corrected chi connectivity index (χ1v) is 10.2. The van der Waals surface area contributed by atoms with Crippen LogP contribution < -0.4 is 5.32 Å². The zero-order valence-electron chi connectivity index (χ0n) is 19.5. The Bertz CT molecular complexity index is 507. The number of nitrogens with zero attached hydrogens (tertiary/aromatic N) is 1. The molecule has 4 nitrogen and oxygen atoms in total. The van der Waals surface area contributed by atoms with E-state index in [0.29, 0.717) is 13.1 Å². The van der Waals surface area contributed by atoms with Gasteiger partial charge in [-0.3, -0.25) is 0 Å². The number of alkyl halides is 10. The predicted molar refractivity (Wildman–Crippen MR) is 108 cm³/mol. The molecule has 14 heteroatoms. The van der Waals surface area contributed by atoms with Gasteiger partial charge in [0.15, 0.2) is 0 Å². The number of halogens is 10. The Morgan fingerprint density at radius 1 is 0.735 bits per heavy atom. The number of nitrogens with one attached hydrogen (secondary N) is 1. The van der Waals surface area contributed by atoms with Gasteiger partial charge in [0.1, 0.15) is 13.6 Å². The average molecular weight is 524 g/mol. The van der Waals surface area contributed by atoms with Gasteiger partial charge in [-0.2, -0.15) is 39.5 Å². The molecule has 0 bridgehead atoms. The maximum Gasteiger partial charge on any atom is 0.422 e. The number of hydrogen-bond donors (Lipinski definition) is 1. The second-order valence-electron chi connectivity index (χ2n) is 8.01. The fraction of sp³-hybridized carbons (Fsp3) is 0.900. The van der Waals surface area contributed by atoms with E-state index in [9.17, 15) is 43.9 Å². The Labute approximate surface area is 193 Å². The fourth-order valence-electron chi connectivity index (χ4n) is 2.96. The maximum absolute atomic E-state index is 13.7. The van der Waals surface area contributed by atoms with Gasteiger partial charge in [-0.1, -0.05) is 6.42 Å². The largest absolute Gasteiger partial charge is 0.422 e. The Balaban J connectivity index is -0.00000227. The number of carbonyl (C=O) groups is 2. The molecule has 34 heavy (non-hydrogen) atoms. The molecule has 0 aliphatic heterocycles. The third kappa shape index (κ3) is 17.1. The van der Waals surface area contributed by atoms with Gasteiger partial charge < -0.3 is 19.8 Å². The van der Waals surface area contributed by atoms with E-state index in [-0.39, 0.29) is 19.8 Å². The Hall–Kier alpha value is -1.44. The average Bonchev–Trinajstić information content (AvgIpc) is 2.68. The zero-order chi connectivity index (χ0) is 27.8. The fourth-order valence-corrected chi connectivity index (χ4v) is 2.96. The highest BCUT2D eigenvalue weighted by molar-refractivity contribution is 5.11. The second-order valence-corrected chi connectivity index (χ2v) is 8.01. The highest BCUT2D eigenvalue weighted by atomic mass is 19.4. The maximum atomic E-state index is 13.7. The van der Waals surface area contributed by atoms with Crippen molar-refractivity contribution in [3.8, 4) is 0 Å². The highest BCUT2D eigenvalue weighted by Crippen LogP contribution is 2.47. The molecule has 0 rings (SSSR count). The summed E-state index contributed by atoms with van der Waals surface area (Å²) in [5.74, 6) is -5.51. The molecule has 0 spiro atoms. The lowest BCUT2D eigenvalue weighted by molar-refractivity contribution is -0.255. The van der Waals surface area contributed by atoms with E-state index >= 15 is 0 Å². The van der Waals surface area contributed by atoms with Crippen molar-refractivity contribution in [1.29, 1.82) is 0 Å². The van der Waals surface area contributed by atoms with Crippen molar-refractivity contribution in [1.82, 2.24) is 10.2 Å². The normalized spacial score (nSPS) is 15.9. The summed E-state index contributed by atoms with van der Waals surface area (Å²) in [6.07, 6.45) is -19.4. The number of carbonyl (C=O) groups excluding carboxylic acids is 2.